The summed E-state index contributed by atoms with van der Waals surface area (Å²) in [5.74, 6) is 4.59. The van der Waals surface area contributed by atoms with Crippen LogP contribution in [0.3, 0.4) is 0 Å². The standard InChI is InChI=1S/C18H19NO3/c1-4-11-22-17-10-5-14(12-18(17)21-3)13-19-15-6-8-16(20-2)9-7-15/h1,5-10,12,19H,11,13H2,2-3H3. The van der Waals surface area contributed by atoms with Crippen LogP contribution in [0.4, 0.5) is 5.69 Å². The van der Waals surface area contributed by atoms with Crippen molar-refractivity contribution in [2.75, 3.05) is 26.1 Å². The van der Waals surface area contributed by atoms with Crippen LogP contribution in [0.1, 0.15) is 5.56 Å². The third-order valence-electron chi connectivity index (χ3n) is 3.13. The lowest BCUT2D eigenvalue weighted by molar-refractivity contribution is 0.330. The van der Waals surface area contributed by atoms with E-state index in [9.17, 15) is 0 Å². The van der Waals surface area contributed by atoms with Crippen molar-refractivity contribution in [3.05, 3.63) is 48.0 Å². The molecule has 4 heteroatoms. The smallest absolute Gasteiger partial charge is 0.162 e. The largest absolute Gasteiger partial charge is 0.497 e. The predicted molar refractivity (Wildman–Crippen MR) is 87.6 cm³/mol. The van der Waals surface area contributed by atoms with Crippen LogP contribution in [0, 0.1) is 12.3 Å². The first kappa shape index (κ1) is 15.6. The Morgan fingerprint density at radius 2 is 1.77 bits per heavy atom. The number of terminal acetylenes is 1. The van der Waals surface area contributed by atoms with Crippen LogP contribution in [-0.2, 0) is 6.54 Å². The highest BCUT2D eigenvalue weighted by Gasteiger charge is 2.05. The fourth-order valence-corrected chi connectivity index (χ4v) is 1.97. The summed E-state index contributed by atoms with van der Waals surface area (Å²) < 4.78 is 15.9. The highest BCUT2D eigenvalue weighted by molar-refractivity contribution is 5.48. The molecule has 1 N–H and O–H groups in total. The predicted octanol–water partition coefficient (Wildman–Crippen LogP) is 3.33. The van der Waals surface area contributed by atoms with Gasteiger partial charge >= 0.3 is 0 Å². The van der Waals surface area contributed by atoms with Crippen LogP contribution < -0.4 is 19.5 Å². The van der Waals surface area contributed by atoms with Crippen molar-refractivity contribution in [1.29, 1.82) is 0 Å². The Hall–Kier alpha value is -2.80. The Bertz CT molecular complexity index is 644. The van der Waals surface area contributed by atoms with Gasteiger partial charge in [0.2, 0.25) is 0 Å². The summed E-state index contributed by atoms with van der Waals surface area (Å²) in [6.07, 6.45) is 5.20. The molecule has 0 bridgehead atoms. The van der Waals surface area contributed by atoms with Gasteiger partial charge in [-0.3, -0.25) is 0 Å². The summed E-state index contributed by atoms with van der Waals surface area (Å²) in [6.45, 7) is 0.901. The van der Waals surface area contributed by atoms with E-state index in [-0.39, 0.29) is 6.61 Å². The van der Waals surface area contributed by atoms with Gasteiger partial charge in [0, 0.05) is 12.2 Å². The number of hydrogen-bond donors (Lipinski definition) is 1. The molecule has 4 nitrogen and oxygen atoms in total. The maximum absolute atomic E-state index is 5.43. The van der Waals surface area contributed by atoms with E-state index < -0.39 is 0 Å². The van der Waals surface area contributed by atoms with E-state index in [0.717, 1.165) is 17.0 Å². The van der Waals surface area contributed by atoms with E-state index in [1.54, 1.807) is 14.2 Å². The van der Waals surface area contributed by atoms with Crippen LogP contribution >= 0.6 is 0 Å². The molecular formula is C18H19NO3. The Labute approximate surface area is 131 Å². The summed E-state index contributed by atoms with van der Waals surface area (Å²) >= 11 is 0. The zero-order valence-electron chi connectivity index (χ0n) is 12.8. The average molecular weight is 297 g/mol. The second-order valence-electron chi connectivity index (χ2n) is 4.56. The SMILES string of the molecule is C#CCOc1ccc(CNc2ccc(OC)cc2)cc1OC. The first-order chi connectivity index (χ1) is 10.8. The van der Waals surface area contributed by atoms with E-state index >= 15 is 0 Å². The van der Waals surface area contributed by atoms with E-state index in [2.05, 4.69) is 11.2 Å². The fraction of sp³-hybridized carbons (Fsp3) is 0.222. The Balaban J connectivity index is 2.01. The maximum atomic E-state index is 5.43. The zero-order chi connectivity index (χ0) is 15.8. The third-order valence-corrected chi connectivity index (χ3v) is 3.13. The van der Waals surface area contributed by atoms with Crippen LogP contribution in [0.2, 0.25) is 0 Å². The second kappa shape index (κ2) is 7.84. The van der Waals surface area contributed by atoms with Gasteiger partial charge in [0.1, 0.15) is 12.4 Å². The number of rotatable bonds is 7. The number of nitrogens with one attached hydrogen (secondary N) is 1. The second-order valence-corrected chi connectivity index (χ2v) is 4.56. The van der Waals surface area contributed by atoms with Gasteiger partial charge in [-0.15, -0.1) is 6.42 Å². The van der Waals surface area contributed by atoms with Gasteiger partial charge in [-0.05, 0) is 42.0 Å². The van der Waals surface area contributed by atoms with Gasteiger partial charge in [0.25, 0.3) is 0 Å². The third kappa shape index (κ3) is 4.10. The number of anilines is 1. The monoisotopic (exact) mass is 297 g/mol. The van der Waals surface area contributed by atoms with Gasteiger partial charge in [-0.2, -0.15) is 0 Å². The van der Waals surface area contributed by atoms with E-state index in [0.29, 0.717) is 18.0 Å². The topological polar surface area (TPSA) is 39.7 Å². The van der Waals surface area contributed by atoms with E-state index in [1.165, 1.54) is 0 Å². The Kier molecular flexibility index (Phi) is 5.56. The maximum Gasteiger partial charge on any atom is 0.162 e. The molecule has 0 aliphatic carbocycles. The molecule has 0 unspecified atom stereocenters. The molecule has 2 rings (SSSR count). The van der Waals surface area contributed by atoms with Crippen molar-refractivity contribution < 1.29 is 14.2 Å². The molecule has 0 saturated heterocycles. The molecule has 0 amide bonds. The first-order valence-corrected chi connectivity index (χ1v) is 6.88. The van der Waals surface area contributed by atoms with E-state index in [4.69, 9.17) is 20.6 Å². The van der Waals surface area contributed by atoms with Crippen LogP contribution in [0.15, 0.2) is 42.5 Å². The van der Waals surface area contributed by atoms with Crippen molar-refractivity contribution in [2.24, 2.45) is 0 Å². The lowest BCUT2D eigenvalue weighted by Crippen LogP contribution is -2.01. The average Bonchev–Trinajstić information content (AvgIpc) is 2.58. The lowest BCUT2D eigenvalue weighted by Gasteiger charge is -2.12. The van der Waals surface area contributed by atoms with Crippen LogP contribution in [0.25, 0.3) is 0 Å². The van der Waals surface area contributed by atoms with Crippen molar-refractivity contribution in [3.63, 3.8) is 0 Å². The molecule has 114 valence electrons. The minimum absolute atomic E-state index is 0.222. The van der Waals surface area contributed by atoms with Gasteiger partial charge in [-0.1, -0.05) is 12.0 Å². The number of ether oxygens (including phenoxy) is 3. The molecule has 0 heterocycles. The molecule has 0 fully saturated rings. The van der Waals surface area contributed by atoms with E-state index in [1.807, 2.05) is 42.5 Å². The van der Waals surface area contributed by atoms with Crippen LogP contribution in [-0.4, -0.2) is 20.8 Å². The number of methoxy groups -OCH3 is 2. The molecular weight excluding hydrogens is 278 g/mol. The summed E-state index contributed by atoms with van der Waals surface area (Å²) in [5, 5.41) is 3.34. The van der Waals surface area contributed by atoms with Crippen molar-refractivity contribution in [3.8, 4) is 29.6 Å². The Morgan fingerprint density at radius 1 is 1.00 bits per heavy atom. The normalized spacial score (nSPS) is 9.68. The molecule has 0 radical (unpaired) electrons. The minimum Gasteiger partial charge on any atom is -0.497 e. The molecule has 0 aromatic heterocycles. The molecule has 0 saturated carbocycles. The molecule has 22 heavy (non-hydrogen) atoms. The minimum atomic E-state index is 0.222. The molecule has 2 aromatic carbocycles. The van der Waals surface area contributed by atoms with Crippen LogP contribution in [0.5, 0.6) is 17.2 Å². The van der Waals surface area contributed by atoms with Crippen molar-refractivity contribution in [2.45, 2.75) is 6.54 Å². The summed E-state index contributed by atoms with van der Waals surface area (Å²) in [7, 11) is 3.26. The number of hydrogen-bond acceptors (Lipinski definition) is 4. The summed E-state index contributed by atoms with van der Waals surface area (Å²) in [6, 6.07) is 13.6. The highest BCUT2D eigenvalue weighted by atomic mass is 16.5. The Morgan fingerprint density at radius 3 is 2.41 bits per heavy atom. The summed E-state index contributed by atoms with van der Waals surface area (Å²) in [4.78, 5) is 0. The highest BCUT2D eigenvalue weighted by Crippen LogP contribution is 2.28. The van der Waals surface area contributed by atoms with Gasteiger partial charge in [0.15, 0.2) is 11.5 Å². The molecule has 2 aromatic rings. The zero-order valence-corrected chi connectivity index (χ0v) is 12.8. The molecule has 0 aliphatic rings. The quantitative estimate of drug-likeness (QED) is 0.796. The molecule has 0 atom stereocenters. The first-order valence-electron chi connectivity index (χ1n) is 6.88. The van der Waals surface area contributed by atoms with Gasteiger partial charge < -0.3 is 19.5 Å². The molecule has 0 aliphatic heterocycles. The fourth-order valence-electron chi connectivity index (χ4n) is 1.97. The lowest BCUT2D eigenvalue weighted by atomic mass is 10.2. The molecule has 0 spiro atoms. The van der Waals surface area contributed by atoms with Gasteiger partial charge in [0.05, 0.1) is 14.2 Å². The van der Waals surface area contributed by atoms with Crippen molar-refractivity contribution in [1.82, 2.24) is 0 Å². The summed E-state index contributed by atoms with van der Waals surface area (Å²) in [5.41, 5.74) is 2.10. The van der Waals surface area contributed by atoms with Gasteiger partial charge in [-0.25, -0.2) is 0 Å². The van der Waals surface area contributed by atoms with Crippen molar-refractivity contribution >= 4 is 5.69 Å². The number of benzene rings is 2.